The van der Waals surface area contributed by atoms with E-state index in [1.807, 2.05) is 0 Å². The van der Waals surface area contributed by atoms with Crippen LogP contribution in [0.5, 0.6) is 0 Å². The van der Waals surface area contributed by atoms with E-state index in [0.717, 1.165) is 19.4 Å². The van der Waals surface area contributed by atoms with E-state index in [4.69, 9.17) is 10.6 Å². The lowest BCUT2D eigenvalue weighted by atomic mass is 9.88. The molecule has 3 heteroatoms. The molecular weight excluding hydrogens is 224 g/mol. The van der Waals surface area contributed by atoms with Crippen molar-refractivity contribution in [2.75, 3.05) is 6.61 Å². The molecule has 1 aromatic carbocycles. The third-order valence-electron chi connectivity index (χ3n) is 4.58. The minimum atomic E-state index is -0.0804. The minimum Gasteiger partial charge on any atom is -0.374 e. The van der Waals surface area contributed by atoms with Gasteiger partial charge in [0.2, 0.25) is 0 Å². The van der Waals surface area contributed by atoms with Crippen LogP contribution in [-0.2, 0) is 4.74 Å². The molecule has 1 saturated carbocycles. The highest BCUT2D eigenvalue weighted by Gasteiger charge is 2.52. The fourth-order valence-corrected chi connectivity index (χ4v) is 3.47. The second-order valence-corrected chi connectivity index (χ2v) is 5.83. The lowest BCUT2D eigenvalue weighted by Gasteiger charge is -2.33. The van der Waals surface area contributed by atoms with Crippen LogP contribution >= 0.6 is 0 Å². The van der Waals surface area contributed by atoms with E-state index in [-0.39, 0.29) is 11.6 Å². The molecule has 1 aliphatic heterocycles. The smallest absolute Gasteiger partial charge is 0.0823 e. The van der Waals surface area contributed by atoms with Crippen LogP contribution in [0.2, 0.25) is 0 Å². The molecule has 0 bridgehead atoms. The molecule has 0 aromatic heterocycles. The molecule has 1 heterocycles. The van der Waals surface area contributed by atoms with Crippen LogP contribution in [-0.4, -0.2) is 18.2 Å². The Bertz CT molecular complexity index is 400. The van der Waals surface area contributed by atoms with Gasteiger partial charge in [0.1, 0.15) is 0 Å². The minimum absolute atomic E-state index is 0.0804. The van der Waals surface area contributed by atoms with Crippen LogP contribution < -0.4 is 11.3 Å². The molecule has 1 aliphatic carbocycles. The third kappa shape index (κ3) is 2.07. The Kier molecular flexibility index (Phi) is 3.14. The zero-order valence-electron chi connectivity index (χ0n) is 10.9. The molecule has 0 amide bonds. The summed E-state index contributed by atoms with van der Waals surface area (Å²) >= 11 is 0. The highest BCUT2D eigenvalue weighted by molar-refractivity contribution is 5.27. The quantitative estimate of drug-likeness (QED) is 0.632. The maximum absolute atomic E-state index is 5.94. The first kappa shape index (κ1) is 12.2. The number of benzene rings is 1. The normalized spacial score (nSPS) is 36.6. The fraction of sp³-hybridized carbons (Fsp3) is 0.600. The Balaban J connectivity index is 1.72. The number of nitrogens with one attached hydrogen (secondary N) is 1. The van der Waals surface area contributed by atoms with Crippen molar-refractivity contribution in [1.82, 2.24) is 5.43 Å². The molecule has 18 heavy (non-hydrogen) atoms. The first-order chi connectivity index (χ1) is 8.74. The molecule has 3 nitrogen and oxygen atoms in total. The summed E-state index contributed by atoms with van der Waals surface area (Å²) in [6.45, 7) is 3.07. The number of hydrogen-bond donors (Lipinski definition) is 2. The molecule has 4 atom stereocenters. The number of hydrogen-bond acceptors (Lipinski definition) is 3. The summed E-state index contributed by atoms with van der Waals surface area (Å²) in [5.74, 6) is 7.05. The van der Waals surface area contributed by atoms with Crippen LogP contribution in [0.1, 0.15) is 37.7 Å². The van der Waals surface area contributed by atoms with E-state index in [1.165, 1.54) is 12.0 Å². The van der Waals surface area contributed by atoms with Crippen LogP contribution in [0.4, 0.5) is 0 Å². The van der Waals surface area contributed by atoms with E-state index in [2.05, 4.69) is 42.7 Å². The van der Waals surface area contributed by atoms with Crippen molar-refractivity contribution in [3.05, 3.63) is 35.9 Å². The van der Waals surface area contributed by atoms with Crippen LogP contribution in [0.25, 0.3) is 0 Å². The third-order valence-corrected chi connectivity index (χ3v) is 4.58. The first-order valence-electron chi connectivity index (χ1n) is 6.89. The molecule has 0 radical (unpaired) electrons. The summed E-state index contributed by atoms with van der Waals surface area (Å²) in [6, 6.07) is 11.0. The number of nitrogens with two attached hydrogens (primary N) is 1. The SMILES string of the molecule is CC1(C(NN)C2CC2c2ccccc2)CCCO1. The Morgan fingerprint density at radius 3 is 2.78 bits per heavy atom. The average molecular weight is 246 g/mol. The van der Waals surface area contributed by atoms with Crippen LogP contribution in [0.15, 0.2) is 30.3 Å². The van der Waals surface area contributed by atoms with Crippen molar-refractivity contribution < 1.29 is 4.74 Å². The Hall–Kier alpha value is -0.900. The fourth-order valence-electron chi connectivity index (χ4n) is 3.47. The molecule has 2 aliphatic rings. The number of ether oxygens (including phenoxy) is 1. The Labute approximate surface area is 109 Å². The molecule has 2 fully saturated rings. The van der Waals surface area contributed by atoms with Gasteiger partial charge >= 0.3 is 0 Å². The second-order valence-electron chi connectivity index (χ2n) is 5.83. The van der Waals surface area contributed by atoms with Crippen molar-refractivity contribution >= 4 is 0 Å². The maximum atomic E-state index is 5.94. The zero-order chi connectivity index (χ0) is 12.6. The first-order valence-corrected chi connectivity index (χ1v) is 6.89. The predicted molar refractivity (Wildman–Crippen MR) is 72.0 cm³/mol. The highest BCUT2D eigenvalue weighted by Crippen LogP contribution is 2.52. The monoisotopic (exact) mass is 246 g/mol. The van der Waals surface area contributed by atoms with Crippen molar-refractivity contribution in [1.29, 1.82) is 0 Å². The van der Waals surface area contributed by atoms with Gasteiger partial charge in [-0.3, -0.25) is 11.3 Å². The standard InChI is InChI=1S/C15H22N2O/c1-15(8-5-9-18-15)14(17-16)13-10-12(13)11-6-3-2-4-7-11/h2-4,6-7,12-14,17H,5,8-10,16H2,1H3. The molecule has 3 rings (SSSR count). The molecule has 1 aromatic rings. The number of rotatable bonds is 4. The van der Waals surface area contributed by atoms with Crippen molar-refractivity contribution in [3.63, 3.8) is 0 Å². The number of hydrazine groups is 1. The van der Waals surface area contributed by atoms with E-state index >= 15 is 0 Å². The van der Waals surface area contributed by atoms with Gasteiger partial charge in [0.25, 0.3) is 0 Å². The summed E-state index contributed by atoms with van der Waals surface area (Å²) in [7, 11) is 0. The van der Waals surface area contributed by atoms with Crippen molar-refractivity contribution in [2.45, 2.75) is 43.7 Å². The highest BCUT2D eigenvalue weighted by atomic mass is 16.5. The Morgan fingerprint density at radius 2 is 2.17 bits per heavy atom. The lowest BCUT2D eigenvalue weighted by molar-refractivity contribution is -0.0184. The van der Waals surface area contributed by atoms with Gasteiger partial charge in [-0.15, -0.1) is 0 Å². The van der Waals surface area contributed by atoms with Gasteiger partial charge in [0, 0.05) is 6.61 Å². The van der Waals surface area contributed by atoms with Gasteiger partial charge < -0.3 is 4.74 Å². The van der Waals surface area contributed by atoms with Crippen molar-refractivity contribution in [2.24, 2.45) is 11.8 Å². The molecule has 98 valence electrons. The topological polar surface area (TPSA) is 47.3 Å². The predicted octanol–water partition coefficient (Wildman–Crippen LogP) is 2.19. The maximum Gasteiger partial charge on any atom is 0.0823 e. The molecule has 1 saturated heterocycles. The van der Waals surface area contributed by atoms with Gasteiger partial charge in [-0.25, -0.2) is 0 Å². The van der Waals surface area contributed by atoms with Gasteiger partial charge in [-0.2, -0.15) is 0 Å². The average Bonchev–Trinajstić information content (AvgIpc) is 3.05. The Morgan fingerprint density at radius 1 is 1.39 bits per heavy atom. The van der Waals surface area contributed by atoms with Gasteiger partial charge in [-0.05, 0) is 43.6 Å². The van der Waals surface area contributed by atoms with Crippen LogP contribution in [0, 0.1) is 5.92 Å². The van der Waals surface area contributed by atoms with Gasteiger partial charge in [0.05, 0.1) is 11.6 Å². The summed E-state index contributed by atoms with van der Waals surface area (Å²) in [4.78, 5) is 0. The lowest BCUT2D eigenvalue weighted by Crippen LogP contribution is -2.53. The van der Waals surface area contributed by atoms with E-state index < -0.39 is 0 Å². The van der Waals surface area contributed by atoms with E-state index in [1.54, 1.807) is 0 Å². The second kappa shape index (κ2) is 4.65. The summed E-state index contributed by atoms with van der Waals surface area (Å²) < 4.78 is 5.94. The molecule has 0 spiro atoms. The zero-order valence-corrected chi connectivity index (χ0v) is 10.9. The van der Waals surface area contributed by atoms with Gasteiger partial charge in [-0.1, -0.05) is 30.3 Å². The summed E-state index contributed by atoms with van der Waals surface area (Å²) in [5, 5.41) is 0. The molecule has 4 unspecified atom stereocenters. The summed E-state index contributed by atoms with van der Waals surface area (Å²) in [6.07, 6.45) is 3.48. The van der Waals surface area contributed by atoms with Crippen molar-refractivity contribution in [3.8, 4) is 0 Å². The molecule has 3 N–H and O–H groups in total. The van der Waals surface area contributed by atoms with Crippen LogP contribution in [0.3, 0.4) is 0 Å². The van der Waals surface area contributed by atoms with E-state index in [0.29, 0.717) is 11.8 Å². The van der Waals surface area contributed by atoms with E-state index in [9.17, 15) is 0 Å². The van der Waals surface area contributed by atoms with Gasteiger partial charge in [0.15, 0.2) is 0 Å². The summed E-state index contributed by atoms with van der Waals surface area (Å²) in [5.41, 5.74) is 4.38. The largest absolute Gasteiger partial charge is 0.374 e. The molecular formula is C15H22N2O.